The van der Waals surface area contributed by atoms with E-state index >= 15 is 0 Å². The molecule has 0 amide bonds. The topological polar surface area (TPSA) is 18.5 Å². The second kappa shape index (κ2) is 5.30. The molecule has 0 aliphatic rings. The minimum Gasteiger partial charge on any atom is -0.495 e. The van der Waals surface area contributed by atoms with Crippen molar-refractivity contribution in [3.05, 3.63) is 52.5 Å². The molecule has 0 saturated carbocycles. The van der Waals surface area contributed by atoms with Gasteiger partial charge >= 0.3 is 0 Å². The van der Waals surface area contributed by atoms with Crippen molar-refractivity contribution in [1.29, 1.82) is 0 Å². The van der Waals surface area contributed by atoms with E-state index in [0.717, 1.165) is 0 Å². The maximum atomic E-state index is 6.00. The zero-order valence-corrected chi connectivity index (χ0v) is 10.6. The Morgan fingerprint density at radius 1 is 0.941 bits per heavy atom. The third kappa shape index (κ3) is 3.05. The molecule has 0 heterocycles. The summed E-state index contributed by atoms with van der Waals surface area (Å²) in [7, 11) is 1.57. The minimum absolute atomic E-state index is 0.507. The van der Waals surface area contributed by atoms with Crippen molar-refractivity contribution in [2.45, 2.75) is 0 Å². The predicted octanol–water partition coefficient (Wildman–Crippen LogP) is 4.79. The predicted molar refractivity (Wildman–Crippen MR) is 69.5 cm³/mol. The second-order valence-electron chi connectivity index (χ2n) is 3.36. The zero-order chi connectivity index (χ0) is 12.3. The number of halogens is 2. The summed E-state index contributed by atoms with van der Waals surface area (Å²) in [5.74, 6) is 1.92. The van der Waals surface area contributed by atoms with Crippen LogP contribution in [-0.2, 0) is 0 Å². The summed E-state index contributed by atoms with van der Waals surface area (Å²) >= 11 is 11.9. The molecule has 0 aliphatic carbocycles. The molecule has 2 aromatic carbocycles. The third-order valence-corrected chi connectivity index (χ3v) is 2.69. The molecule has 0 spiro atoms. The molecule has 88 valence electrons. The van der Waals surface area contributed by atoms with E-state index in [-0.39, 0.29) is 0 Å². The van der Waals surface area contributed by atoms with E-state index < -0.39 is 0 Å². The summed E-state index contributed by atoms with van der Waals surface area (Å²) in [4.78, 5) is 0. The normalized spacial score (nSPS) is 10.1. The molecular weight excluding hydrogens is 259 g/mol. The molecule has 0 N–H and O–H groups in total. The number of benzene rings is 2. The van der Waals surface area contributed by atoms with E-state index in [1.165, 1.54) is 0 Å². The molecule has 0 aliphatic heterocycles. The Kier molecular flexibility index (Phi) is 3.77. The van der Waals surface area contributed by atoms with Crippen LogP contribution in [0.5, 0.6) is 17.2 Å². The molecule has 2 nitrogen and oxygen atoms in total. The van der Waals surface area contributed by atoms with Crippen LogP contribution < -0.4 is 9.47 Å². The first-order chi connectivity index (χ1) is 8.19. The average molecular weight is 269 g/mol. The van der Waals surface area contributed by atoms with Crippen LogP contribution in [0.1, 0.15) is 0 Å². The van der Waals surface area contributed by atoms with Crippen molar-refractivity contribution in [2.24, 2.45) is 0 Å². The van der Waals surface area contributed by atoms with E-state index in [1.54, 1.807) is 37.4 Å². The van der Waals surface area contributed by atoms with Crippen molar-refractivity contribution >= 4 is 23.2 Å². The summed E-state index contributed by atoms with van der Waals surface area (Å²) in [6, 6.07) is 12.4. The highest BCUT2D eigenvalue weighted by molar-refractivity contribution is 6.32. The highest BCUT2D eigenvalue weighted by atomic mass is 35.5. The minimum atomic E-state index is 0.507. The van der Waals surface area contributed by atoms with Gasteiger partial charge in [0.15, 0.2) is 0 Å². The molecule has 0 bridgehead atoms. The van der Waals surface area contributed by atoms with E-state index in [0.29, 0.717) is 27.3 Å². The maximum absolute atomic E-state index is 6.00. The standard InChI is InChI=1S/C13H10Cl2O2/c1-16-13-6-5-11(8-12(13)15)17-10-4-2-3-9(14)7-10/h2-8H,1H3. The summed E-state index contributed by atoms with van der Waals surface area (Å²) in [5.41, 5.74) is 0. The third-order valence-electron chi connectivity index (χ3n) is 2.16. The summed E-state index contributed by atoms with van der Waals surface area (Å²) in [5, 5.41) is 1.13. The van der Waals surface area contributed by atoms with Gasteiger partial charge in [-0.3, -0.25) is 0 Å². The van der Waals surface area contributed by atoms with Gasteiger partial charge in [0.05, 0.1) is 12.1 Å². The Labute approximate surface area is 110 Å². The Morgan fingerprint density at radius 3 is 2.35 bits per heavy atom. The van der Waals surface area contributed by atoms with Crippen LogP contribution in [0.2, 0.25) is 10.0 Å². The Hall–Kier alpha value is -1.38. The summed E-state index contributed by atoms with van der Waals surface area (Å²) in [6.07, 6.45) is 0. The smallest absolute Gasteiger partial charge is 0.137 e. The monoisotopic (exact) mass is 268 g/mol. The Bertz CT molecular complexity index is 527. The highest BCUT2D eigenvalue weighted by Crippen LogP contribution is 2.31. The maximum Gasteiger partial charge on any atom is 0.137 e. The van der Waals surface area contributed by atoms with Crippen LogP contribution in [0.25, 0.3) is 0 Å². The lowest BCUT2D eigenvalue weighted by Gasteiger charge is -2.08. The number of rotatable bonds is 3. The van der Waals surface area contributed by atoms with E-state index in [9.17, 15) is 0 Å². The van der Waals surface area contributed by atoms with Gasteiger partial charge in [0.25, 0.3) is 0 Å². The van der Waals surface area contributed by atoms with Crippen LogP contribution in [0.3, 0.4) is 0 Å². The first-order valence-electron chi connectivity index (χ1n) is 4.96. The Morgan fingerprint density at radius 2 is 1.71 bits per heavy atom. The van der Waals surface area contributed by atoms with E-state index in [2.05, 4.69) is 0 Å². The van der Waals surface area contributed by atoms with Gasteiger partial charge < -0.3 is 9.47 Å². The molecule has 2 rings (SSSR count). The molecule has 17 heavy (non-hydrogen) atoms. The van der Waals surface area contributed by atoms with Crippen LogP contribution in [0.15, 0.2) is 42.5 Å². The van der Waals surface area contributed by atoms with Gasteiger partial charge in [-0.2, -0.15) is 0 Å². The average Bonchev–Trinajstić information content (AvgIpc) is 2.29. The molecule has 0 radical (unpaired) electrons. The summed E-state index contributed by atoms with van der Waals surface area (Å²) < 4.78 is 10.7. The van der Waals surface area contributed by atoms with E-state index in [1.807, 2.05) is 12.1 Å². The van der Waals surface area contributed by atoms with Crippen molar-refractivity contribution in [3.63, 3.8) is 0 Å². The van der Waals surface area contributed by atoms with Gasteiger partial charge in [0, 0.05) is 11.1 Å². The number of hydrogen-bond donors (Lipinski definition) is 0. The van der Waals surface area contributed by atoms with Gasteiger partial charge in [-0.1, -0.05) is 29.3 Å². The lowest BCUT2D eigenvalue weighted by atomic mass is 10.3. The van der Waals surface area contributed by atoms with Crippen LogP contribution in [0, 0.1) is 0 Å². The second-order valence-corrected chi connectivity index (χ2v) is 4.20. The molecule has 0 saturated heterocycles. The fourth-order valence-electron chi connectivity index (χ4n) is 1.38. The summed E-state index contributed by atoms with van der Waals surface area (Å²) in [6.45, 7) is 0. The SMILES string of the molecule is COc1ccc(Oc2cccc(Cl)c2)cc1Cl. The van der Waals surface area contributed by atoms with Crippen molar-refractivity contribution in [3.8, 4) is 17.2 Å². The number of ether oxygens (including phenoxy) is 2. The zero-order valence-electron chi connectivity index (χ0n) is 9.11. The van der Waals surface area contributed by atoms with E-state index in [4.69, 9.17) is 32.7 Å². The van der Waals surface area contributed by atoms with Gasteiger partial charge in [-0.05, 0) is 30.3 Å². The first-order valence-corrected chi connectivity index (χ1v) is 5.71. The molecule has 0 unspecified atom stereocenters. The highest BCUT2D eigenvalue weighted by Gasteiger charge is 2.03. The fourth-order valence-corrected chi connectivity index (χ4v) is 1.81. The molecule has 0 aromatic heterocycles. The molecule has 2 aromatic rings. The Balaban J connectivity index is 2.22. The first kappa shape index (κ1) is 12.1. The fraction of sp³-hybridized carbons (Fsp3) is 0.0769. The largest absolute Gasteiger partial charge is 0.495 e. The molecule has 4 heteroatoms. The van der Waals surface area contributed by atoms with Crippen molar-refractivity contribution in [1.82, 2.24) is 0 Å². The van der Waals surface area contributed by atoms with Crippen molar-refractivity contribution in [2.75, 3.05) is 7.11 Å². The number of hydrogen-bond acceptors (Lipinski definition) is 2. The van der Waals surface area contributed by atoms with Gasteiger partial charge in [-0.15, -0.1) is 0 Å². The lowest BCUT2D eigenvalue weighted by molar-refractivity contribution is 0.413. The lowest BCUT2D eigenvalue weighted by Crippen LogP contribution is -1.87. The van der Waals surface area contributed by atoms with Gasteiger partial charge in [0.2, 0.25) is 0 Å². The molecule has 0 fully saturated rings. The van der Waals surface area contributed by atoms with Crippen LogP contribution in [-0.4, -0.2) is 7.11 Å². The van der Waals surface area contributed by atoms with Gasteiger partial charge in [0.1, 0.15) is 17.2 Å². The molecular formula is C13H10Cl2O2. The quantitative estimate of drug-likeness (QED) is 0.797. The van der Waals surface area contributed by atoms with Crippen LogP contribution in [0.4, 0.5) is 0 Å². The van der Waals surface area contributed by atoms with Crippen molar-refractivity contribution < 1.29 is 9.47 Å². The van der Waals surface area contributed by atoms with Crippen LogP contribution >= 0.6 is 23.2 Å². The number of methoxy groups -OCH3 is 1. The molecule has 0 atom stereocenters. The van der Waals surface area contributed by atoms with Gasteiger partial charge in [-0.25, -0.2) is 0 Å².